The zero-order valence-corrected chi connectivity index (χ0v) is 13.0. The predicted octanol–water partition coefficient (Wildman–Crippen LogP) is 5.24. The first-order valence-electron chi connectivity index (χ1n) is 8.18. The molecule has 0 radical (unpaired) electrons. The number of hydrogen-bond donors (Lipinski definition) is 0. The van der Waals surface area contributed by atoms with Gasteiger partial charge in [0.05, 0.1) is 0 Å². The van der Waals surface area contributed by atoms with Gasteiger partial charge in [-0.15, -0.1) is 0 Å². The van der Waals surface area contributed by atoms with Crippen LogP contribution in [0.3, 0.4) is 0 Å². The van der Waals surface area contributed by atoms with E-state index in [-0.39, 0.29) is 5.78 Å². The van der Waals surface area contributed by atoms with Crippen LogP contribution in [0.25, 0.3) is 0 Å². The highest BCUT2D eigenvalue weighted by atomic mass is 16.1. The molecule has 0 rings (SSSR count). The summed E-state index contributed by atoms with van der Waals surface area (Å²) >= 11 is 0. The Balaban J connectivity index is 3.16. The molecule has 0 amide bonds. The average Bonchev–Trinajstić information content (AvgIpc) is 2.36. The van der Waals surface area contributed by atoms with Crippen molar-refractivity contribution in [1.29, 1.82) is 0 Å². The van der Waals surface area contributed by atoms with Crippen molar-refractivity contribution in [3.63, 3.8) is 0 Å². The van der Waals surface area contributed by atoms with Crippen molar-refractivity contribution >= 4 is 11.6 Å². The second-order valence-corrected chi connectivity index (χ2v) is 5.67. The van der Waals surface area contributed by atoms with Gasteiger partial charge in [0.15, 0.2) is 0 Å². The SMILES string of the molecule is CCCCCCCCCCCC(=O)CCCC(C)=O. The summed E-state index contributed by atoms with van der Waals surface area (Å²) in [7, 11) is 0. The van der Waals surface area contributed by atoms with Crippen molar-refractivity contribution in [3.8, 4) is 0 Å². The Labute approximate surface area is 119 Å². The Morgan fingerprint density at radius 1 is 0.632 bits per heavy atom. The third-order valence-corrected chi connectivity index (χ3v) is 3.54. The molecule has 0 aliphatic rings. The Bertz CT molecular complexity index is 233. The molecule has 0 aromatic carbocycles. The predicted molar refractivity (Wildman–Crippen MR) is 81.4 cm³/mol. The lowest BCUT2D eigenvalue weighted by molar-refractivity contribution is -0.119. The molecule has 0 aliphatic carbocycles. The minimum absolute atomic E-state index is 0.191. The minimum Gasteiger partial charge on any atom is -0.300 e. The number of unbranched alkanes of at least 4 members (excludes halogenated alkanes) is 8. The topological polar surface area (TPSA) is 34.1 Å². The average molecular weight is 268 g/mol. The van der Waals surface area contributed by atoms with Crippen LogP contribution < -0.4 is 0 Å². The van der Waals surface area contributed by atoms with Crippen LogP contribution in [-0.4, -0.2) is 11.6 Å². The lowest BCUT2D eigenvalue weighted by Crippen LogP contribution is -1.99. The Morgan fingerprint density at radius 3 is 1.63 bits per heavy atom. The maximum absolute atomic E-state index is 11.5. The van der Waals surface area contributed by atoms with E-state index in [1.165, 1.54) is 51.4 Å². The number of carbonyl (C=O) groups excluding carboxylic acids is 2. The van der Waals surface area contributed by atoms with E-state index >= 15 is 0 Å². The normalized spacial score (nSPS) is 10.6. The first-order valence-corrected chi connectivity index (χ1v) is 8.18. The quantitative estimate of drug-likeness (QED) is 0.404. The highest BCUT2D eigenvalue weighted by molar-refractivity contribution is 5.80. The zero-order valence-electron chi connectivity index (χ0n) is 13.0. The van der Waals surface area contributed by atoms with Crippen LogP contribution in [0.15, 0.2) is 0 Å². The molecule has 0 fully saturated rings. The van der Waals surface area contributed by atoms with Crippen molar-refractivity contribution in [3.05, 3.63) is 0 Å². The number of hydrogen-bond acceptors (Lipinski definition) is 2. The van der Waals surface area contributed by atoms with Gasteiger partial charge in [-0.1, -0.05) is 58.3 Å². The highest BCUT2D eigenvalue weighted by Gasteiger charge is 2.02. The number of carbonyl (C=O) groups is 2. The fourth-order valence-electron chi connectivity index (χ4n) is 2.29. The van der Waals surface area contributed by atoms with Gasteiger partial charge in [0.2, 0.25) is 0 Å². The smallest absolute Gasteiger partial charge is 0.132 e. The summed E-state index contributed by atoms with van der Waals surface area (Å²) in [5.74, 6) is 0.528. The second kappa shape index (κ2) is 13.8. The Hall–Kier alpha value is -0.660. The summed E-state index contributed by atoms with van der Waals surface area (Å²) in [5, 5.41) is 0. The van der Waals surface area contributed by atoms with Crippen LogP contribution in [0.5, 0.6) is 0 Å². The fourth-order valence-corrected chi connectivity index (χ4v) is 2.29. The van der Waals surface area contributed by atoms with Gasteiger partial charge in [0.25, 0.3) is 0 Å². The van der Waals surface area contributed by atoms with Gasteiger partial charge in [-0.25, -0.2) is 0 Å². The molecule has 0 heterocycles. The number of rotatable bonds is 14. The van der Waals surface area contributed by atoms with E-state index < -0.39 is 0 Å². The van der Waals surface area contributed by atoms with E-state index in [0.717, 1.165) is 12.8 Å². The molecular formula is C17H32O2. The molecule has 0 bridgehead atoms. The third-order valence-electron chi connectivity index (χ3n) is 3.54. The van der Waals surface area contributed by atoms with E-state index in [9.17, 15) is 9.59 Å². The van der Waals surface area contributed by atoms with Gasteiger partial charge in [0.1, 0.15) is 11.6 Å². The summed E-state index contributed by atoms with van der Waals surface area (Å²) in [5.41, 5.74) is 0. The third kappa shape index (κ3) is 15.3. The van der Waals surface area contributed by atoms with Crippen LogP contribution >= 0.6 is 0 Å². The zero-order chi connectivity index (χ0) is 14.3. The van der Waals surface area contributed by atoms with Gasteiger partial charge >= 0.3 is 0 Å². The van der Waals surface area contributed by atoms with Crippen molar-refractivity contribution in [2.45, 2.75) is 97.3 Å². The van der Waals surface area contributed by atoms with Crippen molar-refractivity contribution in [2.75, 3.05) is 0 Å². The summed E-state index contributed by atoms with van der Waals surface area (Å²) in [4.78, 5) is 22.3. The van der Waals surface area contributed by atoms with Crippen LogP contribution in [-0.2, 0) is 9.59 Å². The number of ketones is 2. The largest absolute Gasteiger partial charge is 0.300 e. The molecule has 0 spiro atoms. The standard InChI is InChI=1S/C17H32O2/c1-3-4-5-6-7-8-9-10-11-14-17(19)15-12-13-16(2)18/h3-15H2,1-2H3. The van der Waals surface area contributed by atoms with Gasteiger partial charge in [-0.3, -0.25) is 4.79 Å². The van der Waals surface area contributed by atoms with E-state index in [1.54, 1.807) is 6.92 Å². The summed E-state index contributed by atoms with van der Waals surface area (Å²) in [6.45, 7) is 3.83. The molecule has 0 atom stereocenters. The van der Waals surface area contributed by atoms with E-state index in [0.29, 0.717) is 25.0 Å². The van der Waals surface area contributed by atoms with E-state index in [4.69, 9.17) is 0 Å². The molecule has 0 aliphatic heterocycles. The molecule has 0 aromatic heterocycles. The maximum atomic E-state index is 11.5. The fraction of sp³-hybridized carbons (Fsp3) is 0.882. The second-order valence-electron chi connectivity index (χ2n) is 5.67. The molecule has 0 aromatic rings. The first-order chi connectivity index (χ1) is 9.16. The summed E-state index contributed by atoms with van der Waals surface area (Å²) < 4.78 is 0. The summed E-state index contributed by atoms with van der Waals surface area (Å²) in [6.07, 6.45) is 14.2. The molecule has 19 heavy (non-hydrogen) atoms. The first kappa shape index (κ1) is 18.3. The van der Waals surface area contributed by atoms with Crippen LogP contribution in [0.4, 0.5) is 0 Å². The molecule has 2 heteroatoms. The maximum Gasteiger partial charge on any atom is 0.132 e. The van der Waals surface area contributed by atoms with Crippen LogP contribution in [0.2, 0.25) is 0 Å². The summed E-state index contributed by atoms with van der Waals surface area (Å²) in [6, 6.07) is 0. The van der Waals surface area contributed by atoms with Gasteiger partial charge in [0, 0.05) is 19.3 Å². The van der Waals surface area contributed by atoms with Gasteiger partial charge in [-0.2, -0.15) is 0 Å². The molecule has 0 unspecified atom stereocenters. The van der Waals surface area contributed by atoms with Crippen molar-refractivity contribution in [2.24, 2.45) is 0 Å². The number of Topliss-reactive ketones (excluding diaryl/α,β-unsaturated/α-hetero) is 2. The lowest BCUT2D eigenvalue weighted by Gasteiger charge is -2.02. The molecule has 0 N–H and O–H groups in total. The van der Waals surface area contributed by atoms with E-state index in [1.807, 2.05) is 0 Å². The molecule has 0 saturated heterocycles. The van der Waals surface area contributed by atoms with Crippen LogP contribution in [0.1, 0.15) is 97.3 Å². The van der Waals surface area contributed by atoms with E-state index in [2.05, 4.69) is 6.92 Å². The van der Waals surface area contributed by atoms with Crippen molar-refractivity contribution in [1.82, 2.24) is 0 Å². The Kier molecular flexibility index (Phi) is 13.3. The van der Waals surface area contributed by atoms with Gasteiger partial charge in [-0.05, 0) is 19.8 Å². The monoisotopic (exact) mass is 268 g/mol. The Morgan fingerprint density at radius 2 is 1.11 bits per heavy atom. The molecular weight excluding hydrogens is 236 g/mol. The van der Waals surface area contributed by atoms with Crippen LogP contribution in [0, 0.1) is 0 Å². The molecule has 0 saturated carbocycles. The highest BCUT2D eigenvalue weighted by Crippen LogP contribution is 2.11. The molecule has 2 nitrogen and oxygen atoms in total. The van der Waals surface area contributed by atoms with Crippen molar-refractivity contribution < 1.29 is 9.59 Å². The molecule has 112 valence electrons. The minimum atomic E-state index is 0.191. The van der Waals surface area contributed by atoms with Gasteiger partial charge < -0.3 is 4.79 Å². The lowest BCUT2D eigenvalue weighted by atomic mass is 10.0.